The summed E-state index contributed by atoms with van der Waals surface area (Å²) in [5, 5.41) is 10.4. The maximum Gasteiger partial charge on any atom is 0.226 e. The van der Waals surface area contributed by atoms with Gasteiger partial charge in [0.15, 0.2) is 5.13 Å². The van der Waals surface area contributed by atoms with Crippen molar-refractivity contribution in [2.75, 3.05) is 5.32 Å². The highest BCUT2D eigenvalue weighted by Gasteiger charge is 2.54. The Morgan fingerprint density at radius 1 is 1.53 bits per heavy atom. The Morgan fingerprint density at radius 2 is 2.11 bits per heavy atom. The van der Waals surface area contributed by atoms with Gasteiger partial charge in [-0.15, -0.1) is 0 Å². The Kier molecular flexibility index (Phi) is 4.06. The SMILES string of the molecule is O=C(CC(O)CC1CC1(F)Cl)Nc1ccc(F)cc1. The van der Waals surface area contributed by atoms with Crippen LogP contribution in [0.15, 0.2) is 24.3 Å². The molecule has 1 aliphatic rings. The number of hydrogen-bond acceptors (Lipinski definition) is 2. The Morgan fingerprint density at radius 3 is 2.63 bits per heavy atom. The molecule has 1 aromatic rings. The predicted molar refractivity (Wildman–Crippen MR) is 68.1 cm³/mol. The minimum Gasteiger partial charge on any atom is -0.393 e. The van der Waals surface area contributed by atoms with Crippen molar-refractivity contribution in [1.82, 2.24) is 0 Å². The quantitative estimate of drug-likeness (QED) is 0.819. The first-order valence-corrected chi connectivity index (χ1v) is 6.36. The van der Waals surface area contributed by atoms with Gasteiger partial charge >= 0.3 is 0 Å². The predicted octanol–water partition coefficient (Wildman–Crippen LogP) is 2.83. The van der Waals surface area contributed by atoms with Crippen LogP contribution in [-0.4, -0.2) is 22.2 Å². The summed E-state index contributed by atoms with van der Waals surface area (Å²) >= 11 is 5.42. The molecule has 0 radical (unpaired) electrons. The Balaban J connectivity index is 1.76. The lowest BCUT2D eigenvalue weighted by Gasteiger charge is -2.10. The zero-order valence-corrected chi connectivity index (χ0v) is 10.8. The van der Waals surface area contributed by atoms with Gasteiger partial charge in [-0.3, -0.25) is 4.79 Å². The number of nitrogens with one attached hydrogen (secondary N) is 1. The van der Waals surface area contributed by atoms with Crippen molar-refractivity contribution in [2.45, 2.75) is 30.5 Å². The molecule has 0 aliphatic heterocycles. The number of carbonyl (C=O) groups is 1. The van der Waals surface area contributed by atoms with Gasteiger partial charge in [0.2, 0.25) is 5.91 Å². The number of benzene rings is 1. The van der Waals surface area contributed by atoms with Crippen molar-refractivity contribution >= 4 is 23.2 Å². The number of carbonyl (C=O) groups excluding carboxylic acids is 1. The van der Waals surface area contributed by atoms with Crippen LogP contribution in [0.3, 0.4) is 0 Å². The van der Waals surface area contributed by atoms with Crippen molar-refractivity contribution in [2.24, 2.45) is 5.92 Å². The standard InChI is InChI=1S/C13H14ClF2NO2/c14-13(16)7-8(13)5-11(18)6-12(19)17-10-3-1-9(15)2-4-10/h1-4,8,11,18H,5-7H2,(H,17,19). The van der Waals surface area contributed by atoms with Gasteiger partial charge < -0.3 is 10.4 Å². The van der Waals surface area contributed by atoms with Crippen LogP contribution in [0.25, 0.3) is 0 Å². The molecule has 1 aromatic carbocycles. The van der Waals surface area contributed by atoms with Crippen LogP contribution in [0.2, 0.25) is 0 Å². The lowest BCUT2D eigenvalue weighted by molar-refractivity contribution is -0.118. The van der Waals surface area contributed by atoms with Crippen molar-refractivity contribution in [1.29, 1.82) is 0 Å². The van der Waals surface area contributed by atoms with Crippen LogP contribution in [0.5, 0.6) is 0 Å². The number of aliphatic hydroxyl groups excluding tert-OH is 1. The van der Waals surface area contributed by atoms with Gasteiger partial charge in [0.25, 0.3) is 0 Å². The number of amides is 1. The van der Waals surface area contributed by atoms with E-state index in [9.17, 15) is 18.7 Å². The van der Waals surface area contributed by atoms with E-state index < -0.39 is 23.0 Å². The smallest absolute Gasteiger partial charge is 0.226 e. The maximum atomic E-state index is 13.1. The molecule has 0 spiro atoms. The van der Waals surface area contributed by atoms with E-state index in [1.54, 1.807) is 0 Å². The van der Waals surface area contributed by atoms with Gasteiger partial charge in [0, 0.05) is 18.0 Å². The molecule has 19 heavy (non-hydrogen) atoms. The first-order valence-electron chi connectivity index (χ1n) is 5.98. The first kappa shape index (κ1) is 14.2. The third kappa shape index (κ3) is 4.14. The minimum absolute atomic E-state index is 0.138. The summed E-state index contributed by atoms with van der Waals surface area (Å²) in [6.45, 7) is 0. The summed E-state index contributed by atoms with van der Waals surface area (Å²) in [7, 11) is 0. The van der Waals surface area contributed by atoms with E-state index in [-0.39, 0.29) is 25.2 Å². The number of anilines is 1. The van der Waals surface area contributed by atoms with Crippen LogP contribution in [0, 0.1) is 11.7 Å². The zero-order valence-electron chi connectivity index (χ0n) is 10.1. The number of alkyl halides is 2. The second kappa shape index (κ2) is 5.43. The van der Waals surface area contributed by atoms with Crippen molar-refractivity contribution < 1.29 is 18.7 Å². The molecule has 0 saturated heterocycles. The lowest BCUT2D eigenvalue weighted by atomic mass is 10.1. The van der Waals surface area contributed by atoms with Crippen LogP contribution in [0.4, 0.5) is 14.5 Å². The second-order valence-electron chi connectivity index (χ2n) is 4.81. The fourth-order valence-electron chi connectivity index (χ4n) is 1.90. The fraction of sp³-hybridized carbons (Fsp3) is 0.462. The summed E-state index contributed by atoms with van der Waals surface area (Å²) < 4.78 is 25.7. The molecule has 0 heterocycles. The fourth-order valence-corrected chi connectivity index (χ4v) is 2.17. The summed E-state index contributed by atoms with van der Waals surface area (Å²) in [6.07, 6.45) is -0.690. The molecule has 2 N–H and O–H groups in total. The summed E-state index contributed by atoms with van der Waals surface area (Å²) in [5.74, 6) is -1.19. The zero-order chi connectivity index (χ0) is 14.0. The molecule has 0 aromatic heterocycles. The Hall–Kier alpha value is -1.20. The number of aliphatic hydroxyl groups is 1. The van der Waals surface area contributed by atoms with Gasteiger partial charge in [-0.1, -0.05) is 11.6 Å². The molecule has 6 heteroatoms. The second-order valence-corrected chi connectivity index (χ2v) is 5.44. The lowest BCUT2D eigenvalue weighted by Crippen LogP contribution is -2.20. The highest BCUT2D eigenvalue weighted by molar-refractivity contribution is 6.25. The molecule has 1 fully saturated rings. The molecule has 1 aliphatic carbocycles. The largest absolute Gasteiger partial charge is 0.393 e. The molecule has 104 valence electrons. The van der Waals surface area contributed by atoms with E-state index in [2.05, 4.69) is 5.32 Å². The van der Waals surface area contributed by atoms with Gasteiger partial charge in [-0.2, -0.15) is 0 Å². The molecule has 3 atom stereocenters. The summed E-state index contributed by atoms with van der Waals surface area (Å²) in [5.41, 5.74) is 0.446. The third-order valence-corrected chi connectivity index (χ3v) is 3.52. The molecular formula is C13H14ClF2NO2. The monoisotopic (exact) mass is 289 g/mol. The normalized spacial score (nSPS) is 26.8. The van der Waals surface area contributed by atoms with E-state index in [0.29, 0.717) is 5.69 Å². The third-order valence-electron chi connectivity index (χ3n) is 3.06. The highest BCUT2D eigenvalue weighted by Crippen LogP contribution is 2.53. The van der Waals surface area contributed by atoms with Gasteiger partial charge in [0.05, 0.1) is 12.5 Å². The molecule has 3 unspecified atom stereocenters. The highest BCUT2D eigenvalue weighted by atomic mass is 35.5. The van der Waals surface area contributed by atoms with E-state index in [4.69, 9.17) is 11.6 Å². The van der Waals surface area contributed by atoms with Crippen molar-refractivity contribution in [3.63, 3.8) is 0 Å². The molecule has 1 amide bonds. The van der Waals surface area contributed by atoms with Crippen LogP contribution in [-0.2, 0) is 4.79 Å². The summed E-state index contributed by atoms with van der Waals surface area (Å²) in [6, 6.07) is 5.29. The van der Waals surface area contributed by atoms with E-state index in [1.165, 1.54) is 24.3 Å². The Bertz CT molecular complexity index is 464. The van der Waals surface area contributed by atoms with Gasteiger partial charge in [-0.05, 0) is 30.7 Å². The average Bonchev–Trinajstić information content (AvgIpc) is 2.88. The molecule has 1 saturated carbocycles. The van der Waals surface area contributed by atoms with Crippen LogP contribution >= 0.6 is 11.6 Å². The average molecular weight is 290 g/mol. The van der Waals surface area contributed by atoms with E-state index in [0.717, 1.165) is 0 Å². The van der Waals surface area contributed by atoms with Crippen molar-refractivity contribution in [3.05, 3.63) is 30.1 Å². The van der Waals surface area contributed by atoms with Crippen molar-refractivity contribution in [3.8, 4) is 0 Å². The van der Waals surface area contributed by atoms with Crippen LogP contribution in [0.1, 0.15) is 19.3 Å². The van der Waals surface area contributed by atoms with Crippen LogP contribution < -0.4 is 5.32 Å². The molecule has 2 rings (SSSR count). The summed E-state index contributed by atoms with van der Waals surface area (Å²) in [4.78, 5) is 11.6. The number of rotatable bonds is 5. The number of halogens is 3. The first-order chi connectivity index (χ1) is 8.87. The topological polar surface area (TPSA) is 49.3 Å². The maximum absolute atomic E-state index is 13.1. The van der Waals surface area contributed by atoms with Gasteiger partial charge in [0.1, 0.15) is 5.82 Å². The van der Waals surface area contributed by atoms with E-state index in [1.807, 2.05) is 0 Å². The van der Waals surface area contributed by atoms with Gasteiger partial charge in [-0.25, -0.2) is 8.78 Å². The molecular weight excluding hydrogens is 276 g/mol. The number of hydrogen-bond donors (Lipinski definition) is 2. The molecule has 3 nitrogen and oxygen atoms in total. The minimum atomic E-state index is -1.71. The van der Waals surface area contributed by atoms with E-state index >= 15 is 0 Å². The molecule has 0 bridgehead atoms. The Labute approximate surface area is 114 Å².